The normalized spacial score (nSPS) is 10.2. The summed E-state index contributed by atoms with van der Waals surface area (Å²) in [5.41, 5.74) is 5.77. The number of aryl methyl sites for hydroxylation is 1. The lowest BCUT2D eigenvalue weighted by Gasteiger charge is -2.03. The van der Waals surface area contributed by atoms with E-state index in [0.29, 0.717) is 5.00 Å². The number of amides is 2. The minimum Gasteiger partial charge on any atom is -0.479 e. The van der Waals surface area contributed by atoms with Crippen molar-refractivity contribution in [3.63, 3.8) is 0 Å². The Morgan fingerprint density at radius 1 is 1.47 bits per heavy atom. The smallest absolute Gasteiger partial charge is 0.263 e. The van der Waals surface area contributed by atoms with Gasteiger partial charge in [0.25, 0.3) is 11.8 Å². The third kappa shape index (κ3) is 2.58. The molecule has 0 unspecified atom stereocenters. The van der Waals surface area contributed by atoms with Gasteiger partial charge in [-0.25, -0.2) is 0 Å². The Labute approximate surface area is 113 Å². The van der Waals surface area contributed by atoms with Crippen LogP contribution in [0.4, 0.5) is 5.00 Å². The van der Waals surface area contributed by atoms with Crippen LogP contribution < -0.4 is 15.8 Å². The van der Waals surface area contributed by atoms with Gasteiger partial charge in [0.1, 0.15) is 10.6 Å². The van der Waals surface area contributed by atoms with E-state index in [9.17, 15) is 9.59 Å². The van der Waals surface area contributed by atoms with Crippen molar-refractivity contribution >= 4 is 28.2 Å². The summed E-state index contributed by atoms with van der Waals surface area (Å²) in [5, 5.41) is 8.69. The van der Waals surface area contributed by atoms with E-state index in [-0.39, 0.29) is 17.0 Å². The van der Waals surface area contributed by atoms with Gasteiger partial charge in [0.2, 0.25) is 5.88 Å². The Bertz CT molecular complexity index is 632. The van der Waals surface area contributed by atoms with E-state index in [1.807, 2.05) is 0 Å². The third-order valence-corrected chi connectivity index (χ3v) is 3.22. The van der Waals surface area contributed by atoms with E-state index in [2.05, 4.69) is 10.4 Å². The number of carbonyl (C=O) groups is 2. The Morgan fingerprint density at radius 3 is 2.84 bits per heavy atom. The molecule has 0 saturated heterocycles. The maximum atomic E-state index is 12.1. The number of anilines is 1. The van der Waals surface area contributed by atoms with Gasteiger partial charge in [0.05, 0.1) is 12.7 Å². The zero-order valence-corrected chi connectivity index (χ0v) is 11.2. The molecule has 0 aromatic carbocycles. The van der Waals surface area contributed by atoms with Crippen LogP contribution in [0.2, 0.25) is 0 Å². The van der Waals surface area contributed by atoms with Crippen LogP contribution in [0.15, 0.2) is 17.6 Å². The summed E-state index contributed by atoms with van der Waals surface area (Å²) < 4.78 is 6.47. The van der Waals surface area contributed by atoms with E-state index in [0.717, 1.165) is 0 Å². The van der Waals surface area contributed by atoms with Crippen LogP contribution >= 0.6 is 11.3 Å². The summed E-state index contributed by atoms with van der Waals surface area (Å²) in [5.74, 6) is -0.776. The summed E-state index contributed by atoms with van der Waals surface area (Å²) >= 11 is 1.22. The highest BCUT2D eigenvalue weighted by molar-refractivity contribution is 7.14. The van der Waals surface area contributed by atoms with Gasteiger partial charge in [0, 0.05) is 13.2 Å². The van der Waals surface area contributed by atoms with Gasteiger partial charge in [-0.3, -0.25) is 14.3 Å². The molecule has 100 valence electrons. The van der Waals surface area contributed by atoms with E-state index < -0.39 is 11.8 Å². The van der Waals surface area contributed by atoms with Crippen LogP contribution in [0.1, 0.15) is 20.7 Å². The van der Waals surface area contributed by atoms with Crippen molar-refractivity contribution in [2.45, 2.75) is 0 Å². The first-order valence-electron chi connectivity index (χ1n) is 5.29. The summed E-state index contributed by atoms with van der Waals surface area (Å²) in [6, 6.07) is 1.56. The number of aromatic nitrogens is 2. The Balaban J connectivity index is 2.25. The number of hydrogen-bond donors (Lipinski definition) is 2. The number of carbonyl (C=O) groups excluding carboxylic acids is 2. The van der Waals surface area contributed by atoms with Crippen LogP contribution in [0, 0.1) is 0 Å². The fourth-order valence-electron chi connectivity index (χ4n) is 1.55. The molecule has 0 saturated carbocycles. The number of nitrogens with two attached hydrogens (primary N) is 1. The molecule has 7 nitrogen and oxygen atoms in total. The van der Waals surface area contributed by atoms with Crippen LogP contribution in [0.5, 0.6) is 5.88 Å². The van der Waals surface area contributed by atoms with Crippen molar-refractivity contribution in [3.05, 3.63) is 28.8 Å². The second-order valence-corrected chi connectivity index (χ2v) is 4.62. The third-order valence-electron chi connectivity index (χ3n) is 2.39. The zero-order chi connectivity index (χ0) is 14.0. The molecule has 2 heterocycles. The van der Waals surface area contributed by atoms with E-state index >= 15 is 0 Å². The average molecular weight is 280 g/mol. The van der Waals surface area contributed by atoms with Gasteiger partial charge in [-0.2, -0.15) is 0 Å². The maximum Gasteiger partial charge on any atom is 0.263 e. The summed E-state index contributed by atoms with van der Waals surface area (Å²) in [4.78, 5) is 23.3. The van der Waals surface area contributed by atoms with Gasteiger partial charge >= 0.3 is 0 Å². The lowest BCUT2D eigenvalue weighted by molar-refractivity contribution is 0.100. The largest absolute Gasteiger partial charge is 0.479 e. The quantitative estimate of drug-likeness (QED) is 0.866. The van der Waals surface area contributed by atoms with Crippen molar-refractivity contribution in [1.29, 1.82) is 0 Å². The number of rotatable bonds is 4. The van der Waals surface area contributed by atoms with E-state index in [1.54, 1.807) is 18.5 Å². The Hall–Kier alpha value is -2.35. The first kappa shape index (κ1) is 13.1. The fourth-order valence-corrected chi connectivity index (χ4v) is 2.33. The topological polar surface area (TPSA) is 99.2 Å². The monoisotopic (exact) mass is 280 g/mol. The van der Waals surface area contributed by atoms with Crippen molar-refractivity contribution in [1.82, 2.24) is 9.78 Å². The molecule has 0 aliphatic heterocycles. The number of thiophene rings is 1. The SMILES string of the molecule is COc1nn(C)cc1C(=O)Nc1sccc1C(N)=O. The molecule has 2 rings (SSSR count). The number of primary amides is 1. The number of ether oxygens (including phenoxy) is 1. The number of hydrogen-bond acceptors (Lipinski definition) is 5. The van der Waals surface area contributed by atoms with Crippen molar-refractivity contribution in [2.24, 2.45) is 12.8 Å². The number of methoxy groups -OCH3 is 1. The molecule has 3 N–H and O–H groups in total. The van der Waals surface area contributed by atoms with Gasteiger partial charge in [-0.1, -0.05) is 0 Å². The summed E-state index contributed by atoms with van der Waals surface area (Å²) in [6.07, 6.45) is 1.53. The fraction of sp³-hybridized carbons (Fsp3) is 0.182. The van der Waals surface area contributed by atoms with Crippen LogP contribution in [-0.4, -0.2) is 28.7 Å². The molecule has 8 heteroatoms. The van der Waals surface area contributed by atoms with Gasteiger partial charge in [-0.05, 0) is 11.4 Å². The highest BCUT2D eigenvalue weighted by atomic mass is 32.1. The zero-order valence-electron chi connectivity index (χ0n) is 10.3. The van der Waals surface area contributed by atoms with Crippen LogP contribution in [0.25, 0.3) is 0 Å². The lowest BCUT2D eigenvalue weighted by Crippen LogP contribution is -2.16. The minimum atomic E-state index is -0.588. The highest BCUT2D eigenvalue weighted by Crippen LogP contribution is 2.24. The van der Waals surface area contributed by atoms with Gasteiger partial charge in [0.15, 0.2) is 0 Å². The summed E-state index contributed by atoms with van der Waals surface area (Å²) in [7, 11) is 3.11. The van der Waals surface area contributed by atoms with Crippen molar-refractivity contribution < 1.29 is 14.3 Å². The summed E-state index contributed by atoms with van der Waals surface area (Å²) in [6.45, 7) is 0. The second-order valence-electron chi connectivity index (χ2n) is 3.71. The molecule has 2 amide bonds. The van der Waals surface area contributed by atoms with Crippen LogP contribution in [0.3, 0.4) is 0 Å². The van der Waals surface area contributed by atoms with E-state index in [1.165, 1.54) is 29.3 Å². The average Bonchev–Trinajstić information content (AvgIpc) is 2.95. The molecule has 0 aliphatic carbocycles. The first-order valence-corrected chi connectivity index (χ1v) is 6.17. The lowest BCUT2D eigenvalue weighted by atomic mass is 10.3. The molecule has 19 heavy (non-hydrogen) atoms. The first-order chi connectivity index (χ1) is 9.02. The molecule has 0 spiro atoms. The van der Waals surface area contributed by atoms with E-state index in [4.69, 9.17) is 10.5 Å². The molecular formula is C11H12N4O3S. The molecule has 0 fully saturated rings. The molecule has 0 radical (unpaired) electrons. The molecule has 0 aliphatic rings. The predicted octanol–water partition coefficient (Wildman–Crippen LogP) is 0.841. The standard InChI is InChI=1S/C11H12N4O3S/c1-15-5-7(10(14-15)18-2)9(17)13-11-6(8(12)16)3-4-19-11/h3-5H,1-2H3,(H2,12,16)(H,13,17). The molecule has 2 aromatic heterocycles. The Kier molecular flexibility index (Phi) is 3.52. The predicted molar refractivity (Wildman–Crippen MR) is 70.6 cm³/mol. The molecule has 0 bridgehead atoms. The maximum absolute atomic E-state index is 12.1. The van der Waals surface area contributed by atoms with Crippen molar-refractivity contribution in [2.75, 3.05) is 12.4 Å². The highest BCUT2D eigenvalue weighted by Gasteiger charge is 2.19. The number of nitrogens with zero attached hydrogens (tertiary/aromatic N) is 2. The molecular weight excluding hydrogens is 268 g/mol. The van der Waals surface area contributed by atoms with Gasteiger partial charge in [-0.15, -0.1) is 16.4 Å². The molecule has 0 atom stereocenters. The number of nitrogens with one attached hydrogen (secondary N) is 1. The van der Waals surface area contributed by atoms with Crippen molar-refractivity contribution in [3.8, 4) is 5.88 Å². The second kappa shape index (κ2) is 5.11. The molecule has 2 aromatic rings. The Morgan fingerprint density at radius 2 is 2.21 bits per heavy atom. The minimum absolute atomic E-state index is 0.220. The van der Waals surface area contributed by atoms with Crippen LogP contribution in [-0.2, 0) is 7.05 Å². The van der Waals surface area contributed by atoms with Gasteiger partial charge < -0.3 is 15.8 Å².